The maximum atomic E-state index is 14.2. The average Bonchev–Trinajstić information content (AvgIpc) is 3.12. The van der Waals surface area contributed by atoms with Crippen molar-refractivity contribution in [2.24, 2.45) is 17.2 Å². The van der Waals surface area contributed by atoms with Gasteiger partial charge in [-0.05, 0) is 49.4 Å². The molecule has 276 valence electrons. The first-order valence-corrected chi connectivity index (χ1v) is 16.6. The van der Waals surface area contributed by atoms with E-state index in [0.29, 0.717) is 40.3 Å². The van der Waals surface area contributed by atoms with Crippen LogP contribution in [0.3, 0.4) is 0 Å². The Labute approximate surface area is 296 Å². The Balaban J connectivity index is 2.26. The van der Waals surface area contributed by atoms with Crippen LogP contribution in [-0.2, 0) is 30.4 Å². The Morgan fingerprint density at radius 2 is 1.65 bits per heavy atom. The van der Waals surface area contributed by atoms with Gasteiger partial charge in [0.1, 0.15) is 55.4 Å². The fraction of sp³-hybridized carbons (Fsp3) is 0.471. The zero-order valence-electron chi connectivity index (χ0n) is 29.1. The summed E-state index contributed by atoms with van der Waals surface area (Å²) in [6.07, 6.45) is 0.115. The van der Waals surface area contributed by atoms with E-state index in [1.807, 2.05) is 6.07 Å². The van der Waals surface area contributed by atoms with Gasteiger partial charge in [-0.3, -0.25) is 24.0 Å². The van der Waals surface area contributed by atoms with Crippen molar-refractivity contribution in [3.63, 3.8) is 0 Å². The van der Waals surface area contributed by atoms with Gasteiger partial charge in [-0.2, -0.15) is 5.26 Å². The van der Waals surface area contributed by atoms with Crippen molar-refractivity contribution >= 4 is 29.5 Å². The molecule has 17 heteroatoms. The third-order valence-electron chi connectivity index (χ3n) is 8.03. The zero-order valence-corrected chi connectivity index (χ0v) is 29.1. The van der Waals surface area contributed by atoms with Crippen LogP contribution in [0.4, 0.5) is 0 Å². The number of hydrogen-bond donors (Lipinski definition) is 8. The van der Waals surface area contributed by atoms with E-state index >= 15 is 0 Å². The lowest BCUT2D eigenvalue weighted by atomic mass is 9.93. The quantitative estimate of drug-likeness (QED) is 0.0914. The van der Waals surface area contributed by atoms with E-state index in [-0.39, 0.29) is 52.2 Å². The first-order chi connectivity index (χ1) is 24.5. The summed E-state index contributed by atoms with van der Waals surface area (Å²) >= 11 is 0. The monoisotopic (exact) mass is 708 g/mol. The highest BCUT2D eigenvalue weighted by Crippen LogP contribution is 2.40. The lowest BCUT2D eigenvalue weighted by molar-refractivity contribution is -0.142. The van der Waals surface area contributed by atoms with Gasteiger partial charge in [0.25, 0.3) is 0 Å². The topological polar surface area (TPSA) is 269 Å². The number of nitrogens with zero attached hydrogens (tertiary/aromatic N) is 2. The molecule has 0 unspecified atom stereocenters. The van der Waals surface area contributed by atoms with Crippen LogP contribution in [0.1, 0.15) is 30.5 Å². The molecule has 3 rings (SSSR count). The number of fused-ring (bicyclic) bond motifs is 5. The summed E-state index contributed by atoms with van der Waals surface area (Å²) in [6, 6.07) is 7.17. The second-order valence-electron chi connectivity index (χ2n) is 11.8. The van der Waals surface area contributed by atoms with Crippen LogP contribution in [0, 0.1) is 11.3 Å². The normalized spacial score (nSPS) is 17.8. The molecule has 11 N–H and O–H groups in total. The number of carbonyl (C=O) groups is 5. The van der Waals surface area contributed by atoms with E-state index in [0.717, 1.165) is 4.90 Å². The summed E-state index contributed by atoms with van der Waals surface area (Å²) < 4.78 is 12.0. The first kappa shape index (κ1) is 40.2. The van der Waals surface area contributed by atoms with E-state index in [9.17, 15) is 24.0 Å². The Hall–Kier alpha value is -5.28. The number of nitrogens with two attached hydrogens (primary N) is 3. The van der Waals surface area contributed by atoms with Crippen molar-refractivity contribution < 1.29 is 33.4 Å². The van der Waals surface area contributed by atoms with Gasteiger partial charge in [0.15, 0.2) is 0 Å². The first-order valence-electron chi connectivity index (χ1n) is 16.6. The van der Waals surface area contributed by atoms with E-state index < -0.39 is 53.7 Å². The number of nitrogens with one attached hydrogen (secondary N) is 5. The summed E-state index contributed by atoms with van der Waals surface area (Å²) in [5, 5.41) is 22.4. The minimum Gasteiger partial charge on any atom is -0.492 e. The number of hydrogen-bond acceptors (Lipinski definition) is 12. The Morgan fingerprint density at radius 1 is 1.00 bits per heavy atom. The van der Waals surface area contributed by atoms with Crippen molar-refractivity contribution in [1.82, 2.24) is 31.5 Å². The average molecular weight is 709 g/mol. The molecular weight excluding hydrogens is 660 g/mol. The molecule has 17 nitrogen and oxygen atoms in total. The largest absolute Gasteiger partial charge is 0.492 e. The number of benzene rings is 2. The van der Waals surface area contributed by atoms with Crippen molar-refractivity contribution in [3.8, 4) is 28.7 Å². The summed E-state index contributed by atoms with van der Waals surface area (Å²) in [6.45, 7) is 2.02. The van der Waals surface area contributed by atoms with Crippen molar-refractivity contribution in [2.75, 3.05) is 60.0 Å². The molecule has 0 saturated carbocycles. The highest BCUT2D eigenvalue weighted by atomic mass is 16.5. The Bertz CT molecular complexity index is 1600. The molecule has 1 aliphatic rings. The van der Waals surface area contributed by atoms with Crippen molar-refractivity contribution in [3.05, 3.63) is 47.5 Å². The highest BCUT2D eigenvalue weighted by Gasteiger charge is 2.35. The van der Waals surface area contributed by atoms with E-state index in [1.165, 1.54) is 14.0 Å². The summed E-state index contributed by atoms with van der Waals surface area (Å²) in [4.78, 5) is 68.3. The van der Waals surface area contributed by atoms with Crippen LogP contribution in [0.15, 0.2) is 36.4 Å². The van der Waals surface area contributed by atoms with Gasteiger partial charge in [0.05, 0.1) is 6.07 Å². The standard InChI is InChI=1S/C34H48N10O7/c1-20-31(46)43-25(32(47)40-13-9-35)17-21-4-6-27(50-14-10-36)23(16-21)24-18-22(5-7-28(24)51-15-11-37)30(33(48)41-20)44(3)34(49)26(19-38)42-29(45)8-12-39-2/h4-7,16,18,20,25-26,30,39H,8,10-15,17,19,36-38H2,1-3H3,(H,40,47)(H,41,48)(H,42,45)(H,43,46)/t20-,25-,26-,30-/m0/s1. The molecule has 2 aromatic rings. The molecule has 0 aromatic heterocycles. The van der Waals surface area contributed by atoms with E-state index in [2.05, 4.69) is 26.6 Å². The smallest absolute Gasteiger partial charge is 0.248 e. The Kier molecular flexibility index (Phi) is 15.6. The Morgan fingerprint density at radius 3 is 2.25 bits per heavy atom. The van der Waals surface area contributed by atoms with Crippen LogP contribution in [0.2, 0.25) is 0 Å². The molecule has 0 radical (unpaired) electrons. The predicted octanol–water partition coefficient (Wildman–Crippen LogP) is -2.23. The van der Waals surface area contributed by atoms with Gasteiger partial charge in [0, 0.05) is 57.2 Å². The lowest BCUT2D eigenvalue weighted by Crippen LogP contribution is -2.56. The van der Waals surface area contributed by atoms with E-state index in [1.54, 1.807) is 43.4 Å². The maximum Gasteiger partial charge on any atom is 0.248 e. The molecule has 51 heavy (non-hydrogen) atoms. The molecule has 1 aliphatic heterocycles. The van der Waals surface area contributed by atoms with Gasteiger partial charge in [0.2, 0.25) is 29.5 Å². The molecule has 0 spiro atoms. The molecule has 0 fully saturated rings. The van der Waals surface area contributed by atoms with Gasteiger partial charge in [-0.1, -0.05) is 12.1 Å². The number of likely N-dealkylation sites (N-methyl/N-ethyl adjacent to an activating group) is 1. The zero-order chi connectivity index (χ0) is 37.5. The number of carbonyl (C=O) groups excluding carboxylic acids is 5. The number of ether oxygens (including phenoxy) is 2. The maximum absolute atomic E-state index is 14.2. The molecule has 2 aromatic carbocycles. The number of rotatable bonds is 15. The molecule has 4 bridgehead atoms. The van der Waals surface area contributed by atoms with Gasteiger partial charge in [-0.25, -0.2) is 0 Å². The molecule has 5 amide bonds. The van der Waals surface area contributed by atoms with Gasteiger partial charge >= 0.3 is 0 Å². The summed E-state index contributed by atoms with van der Waals surface area (Å²) in [5.41, 5.74) is 19.4. The minimum atomic E-state index is -1.34. The minimum absolute atomic E-state index is 0.0207. The highest BCUT2D eigenvalue weighted by molar-refractivity contribution is 5.96. The molecular formula is C34H48N10O7. The molecule has 0 saturated heterocycles. The summed E-state index contributed by atoms with van der Waals surface area (Å²) in [5.74, 6) is -2.29. The van der Waals surface area contributed by atoms with Crippen LogP contribution in [-0.4, -0.2) is 113 Å². The van der Waals surface area contributed by atoms with Crippen LogP contribution >= 0.6 is 0 Å². The fourth-order valence-corrected chi connectivity index (χ4v) is 5.43. The van der Waals surface area contributed by atoms with Gasteiger partial charge in [-0.15, -0.1) is 0 Å². The number of nitriles is 1. The summed E-state index contributed by atoms with van der Waals surface area (Å²) in [7, 11) is 3.08. The third kappa shape index (κ3) is 10.9. The predicted molar refractivity (Wildman–Crippen MR) is 188 cm³/mol. The second kappa shape index (κ2) is 19.8. The van der Waals surface area contributed by atoms with Crippen LogP contribution in [0.5, 0.6) is 11.5 Å². The number of amides is 5. The van der Waals surface area contributed by atoms with Crippen LogP contribution < -0.4 is 53.3 Å². The van der Waals surface area contributed by atoms with Crippen LogP contribution in [0.25, 0.3) is 11.1 Å². The SMILES string of the molecule is CNCCC(=O)N[C@@H](CN)C(=O)N(C)[C@@H]1C(=O)N[C@@H](C)C(=O)N[C@H](C(=O)NCC#N)Cc2ccc(OCCN)c(c2)-c2cc1ccc2OCCN. The molecule has 4 atom stereocenters. The van der Waals surface area contributed by atoms with Crippen molar-refractivity contribution in [2.45, 2.75) is 43.9 Å². The molecule has 0 aliphatic carbocycles. The van der Waals surface area contributed by atoms with Gasteiger partial charge < -0.3 is 58.2 Å². The third-order valence-corrected chi connectivity index (χ3v) is 8.03. The van der Waals surface area contributed by atoms with E-state index in [4.69, 9.17) is 31.9 Å². The molecule has 1 heterocycles. The lowest BCUT2D eigenvalue weighted by Gasteiger charge is -2.32. The second-order valence-corrected chi connectivity index (χ2v) is 11.8. The van der Waals surface area contributed by atoms with Crippen molar-refractivity contribution in [1.29, 1.82) is 5.26 Å². The fourth-order valence-electron chi connectivity index (χ4n) is 5.43.